The molecule has 0 atom stereocenters. The van der Waals surface area contributed by atoms with Crippen LogP contribution in [0.25, 0.3) is 0 Å². The lowest BCUT2D eigenvalue weighted by Gasteiger charge is -2.08. The van der Waals surface area contributed by atoms with Crippen LogP contribution in [0.5, 0.6) is 0 Å². The molecule has 0 unspecified atom stereocenters. The maximum absolute atomic E-state index is 13.2. The lowest BCUT2D eigenvalue weighted by Crippen LogP contribution is -2.24. The Labute approximate surface area is 115 Å². The normalized spacial score (nSPS) is 11.7. The number of nitrogens with zero attached hydrogens (tertiary/aromatic N) is 3. The van der Waals surface area contributed by atoms with Gasteiger partial charge in [-0.1, -0.05) is 5.21 Å². The Morgan fingerprint density at radius 2 is 2.21 bits per heavy atom. The van der Waals surface area contributed by atoms with Crippen LogP contribution in [0.15, 0.2) is 21.5 Å². The third-order valence-electron chi connectivity index (χ3n) is 2.15. The number of H-pyrrole nitrogens is 1. The lowest BCUT2D eigenvalue weighted by molar-refractivity contribution is 0.578. The van der Waals surface area contributed by atoms with Gasteiger partial charge in [0.15, 0.2) is 5.82 Å². The van der Waals surface area contributed by atoms with Gasteiger partial charge in [-0.15, -0.1) is 10.2 Å². The van der Waals surface area contributed by atoms with Gasteiger partial charge < -0.3 is 5.73 Å². The zero-order chi connectivity index (χ0) is 14.0. The van der Waals surface area contributed by atoms with Crippen molar-refractivity contribution < 1.29 is 12.8 Å². The molecule has 0 bridgehead atoms. The largest absolute Gasteiger partial charge is 0.396 e. The van der Waals surface area contributed by atoms with Crippen LogP contribution in [0, 0.1) is 5.82 Å². The quantitative estimate of drug-likeness (QED) is 0.674. The van der Waals surface area contributed by atoms with Gasteiger partial charge in [-0.3, -0.25) is 0 Å². The van der Waals surface area contributed by atoms with Crippen LogP contribution in [0.2, 0.25) is 0 Å². The van der Waals surface area contributed by atoms with Crippen molar-refractivity contribution in [3.05, 3.63) is 28.2 Å². The molecule has 0 aliphatic carbocycles. The molecule has 0 saturated carbocycles. The number of halogens is 2. The van der Waals surface area contributed by atoms with Crippen molar-refractivity contribution in [1.82, 2.24) is 25.3 Å². The molecule has 0 aliphatic heterocycles. The summed E-state index contributed by atoms with van der Waals surface area (Å²) in [4.78, 5) is -0.171. The third-order valence-corrected chi connectivity index (χ3v) is 4.51. The first-order valence-corrected chi connectivity index (χ1v) is 7.14. The summed E-state index contributed by atoms with van der Waals surface area (Å²) in [6.45, 7) is -0.150. The van der Waals surface area contributed by atoms with E-state index in [2.05, 4.69) is 41.3 Å². The minimum absolute atomic E-state index is 0.0693. The van der Waals surface area contributed by atoms with Gasteiger partial charge >= 0.3 is 0 Å². The summed E-state index contributed by atoms with van der Waals surface area (Å²) < 4.78 is 39.5. The number of nitrogens with two attached hydrogens (primary N) is 1. The van der Waals surface area contributed by atoms with Gasteiger partial charge in [-0.25, -0.2) is 17.5 Å². The molecule has 19 heavy (non-hydrogen) atoms. The fourth-order valence-corrected chi connectivity index (χ4v) is 3.27. The minimum Gasteiger partial charge on any atom is -0.396 e. The van der Waals surface area contributed by atoms with Crippen molar-refractivity contribution >= 4 is 31.6 Å². The molecular weight excluding hydrogens is 343 g/mol. The van der Waals surface area contributed by atoms with Gasteiger partial charge in [0.05, 0.1) is 17.1 Å². The molecule has 2 rings (SSSR count). The highest BCUT2D eigenvalue weighted by atomic mass is 79.9. The van der Waals surface area contributed by atoms with Crippen LogP contribution in [0.4, 0.5) is 10.1 Å². The molecule has 11 heteroatoms. The molecule has 102 valence electrons. The topological polar surface area (TPSA) is 127 Å². The summed E-state index contributed by atoms with van der Waals surface area (Å²) in [5.41, 5.74) is 5.09. The van der Waals surface area contributed by atoms with E-state index in [0.717, 1.165) is 12.1 Å². The first-order chi connectivity index (χ1) is 8.90. The number of sulfonamides is 1. The molecule has 1 heterocycles. The van der Waals surface area contributed by atoms with Crippen molar-refractivity contribution in [3.63, 3.8) is 0 Å². The number of nitrogen functional groups attached to an aromatic ring is 1. The Kier molecular flexibility index (Phi) is 3.78. The first-order valence-electron chi connectivity index (χ1n) is 4.86. The summed E-state index contributed by atoms with van der Waals surface area (Å²) in [7, 11) is -3.87. The predicted molar refractivity (Wildman–Crippen MR) is 66.7 cm³/mol. The van der Waals surface area contributed by atoms with Gasteiger partial charge in [0.1, 0.15) is 5.82 Å². The summed E-state index contributed by atoms with van der Waals surface area (Å²) in [6.07, 6.45) is 0. The smallest absolute Gasteiger partial charge is 0.242 e. The third kappa shape index (κ3) is 3.05. The van der Waals surface area contributed by atoms with E-state index in [0.29, 0.717) is 0 Å². The number of tetrazole rings is 1. The maximum atomic E-state index is 13.2. The molecule has 4 N–H and O–H groups in total. The van der Waals surface area contributed by atoms with E-state index in [1.54, 1.807) is 0 Å². The highest BCUT2D eigenvalue weighted by Gasteiger charge is 2.20. The SMILES string of the molecule is Nc1cc(S(=O)(=O)NCc2nn[nH]n2)c(Br)cc1F. The number of nitrogens with one attached hydrogen (secondary N) is 2. The standard InChI is InChI=1S/C8H8BrFN6O2S/c9-4-1-5(10)6(11)2-7(4)19(17,18)12-3-8-13-15-16-14-8/h1-2,12H,3,11H2,(H,13,14,15,16). The average molecular weight is 351 g/mol. The van der Waals surface area contributed by atoms with Crippen molar-refractivity contribution in [2.75, 3.05) is 5.73 Å². The monoisotopic (exact) mass is 350 g/mol. The predicted octanol–water partition coefficient (Wildman–Crippen LogP) is 0.162. The van der Waals surface area contributed by atoms with Crippen LogP contribution < -0.4 is 10.5 Å². The van der Waals surface area contributed by atoms with Crippen LogP contribution in [0.3, 0.4) is 0 Å². The Balaban J connectivity index is 2.27. The van der Waals surface area contributed by atoms with Gasteiger partial charge in [0, 0.05) is 4.47 Å². The maximum Gasteiger partial charge on any atom is 0.242 e. The van der Waals surface area contributed by atoms with Crippen LogP contribution >= 0.6 is 15.9 Å². The molecular formula is C8H8BrFN6O2S. The Morgan fingerprint density at radius 3 is 2.84 bits per heavy atom. The minimum atomic E-state index is -3.87. The number of hydrogen-bond donors (Lipinski definition) is 3. The summed E-state index contributed by atoms with van der Waals surface area (Å²) in [6, 6.07) is 2.01. The molecule has 2 aromatic rings. The molecule has 0 fully saturated rings. The second-order valence-electron chi connectivity index (χ2n) is 3.46. The second-order valence-corrected chi connectivity index (χ2v) is 6.05. The molecule has 0 aliphatic rings. The van der Waals surface area contributed by atoms with E-state index in [1.807, 2.05) is 0 Å². The van der Waals surface area contributed by atoms with Crippen LogP contribution in [0.1, 0.15) is 5.82 Å². The Morgan fingerprint density at radius 1 is 1.47 bits per heavy atom. The fraction of sp³-hybridized carbons (Fsp3) is 0.125. The molecule has 0 amide bonds. The number of benzene rings is 1. The second kappa shape index (κ2) is 5.19. The number of anilines is 1. The lowest BCUT2D eigenvalue weighted by atomic mass is 10.3. The van der Waals surface area contributed by atoms with Gasteiger partial charge in [-0.05, 0) is 28.1 Å². The van der Waals surface area contributed by atoms with Crippen molar-refractivity contribution in [3.8, 4) is 0 Å². The number of aromatic amines is 1. The van der Waals surface area contributed by atoms with E-state index < -0.39 is 15.8 Å². The number of rotatable bonds is 4. The van der Waals surface area contributed by atoms with Gasteiger partial charge in [-0.2, -0.15) is 5.21 Å². The Bertz CT molecular complexity index is 690. The van der Waals surface area contributed by atoms with Crippen molar-refractivity contribution in [2.24, 2.45) is 0 Å². The number of hydrogen-bond acceptors (Lipinski definition) is 6. The van der Waals surface area contributed by atoms with E-state index >= 15 is 0 Å². The first kappa shape index (κ1) is 13.8. The van der Waals surface area contributed by atoms with E-state index in [-0.39, 0.29) is 27.4 Å². The molecule has 0 saturated heterocycles. The van der Waals surface area contributed by atoms with Gasteiger partial charge in [0.25, 0.3) is 0 Å². The highest BCUT2D eigenvalue weighted by molar-refractivity contribution is 9.10. The summed E-state index contributed by atoms with van der Waals surface area (Å²) in [5.74, 6) is -0.529. The van der Waals surface area contributed by atoms with Crippen molar-refractivity contribution in [2.45, 2.75) is 11.4 Å². The molecule has 8 nitrogen and oxygen atoms in total. The van der Waals surface area contributed by atoms with Gasteiger partial charge in [0.2, 0.25) is 10.0 Å². The molecule has 1 aromatic carbocycles. The average Bonchev–Trinajstić information content (AvgIpc) is 2.84. The number of aromatic nitrogens is 4. The Hall–Kier alpha value is -1.59. The highest BCUT2D eigenvalue weighted by Crippen LogP contribution is 2.26. The summed E-state index contributed by atoms with van der Waals surface area (Å²) >= 11 is 2.97. The van der Waals surface area contributed by atoms with E-state index in [4.69, 9.17) is 5.73 Å². The van der Waals surface area contributed by atoms with E-state index in [9.17, 15) is 12.8 Å². The van der Waals surface area contributed by atoms with Crippen LogP contribution in [-0.2, 0) is 16.6 Å². The zero-order valence-corrected chi connectivity index (χ0v) is 11.7. The summed E-state index contributed by atoms with van der Waals surface area (Å²) in [5, 5.41) is 12.7. The molecule has 1 aromatic heterocycles. The fourth-order valence-electron chi connectivity index (χ4n) is 1.25. The van der Waals surface area contributed by atoms with Crippen molar-refractivity contribution in [1.29, 1.82) is 0 Å². The zero-order valence-electron chi connectivity index (χ0n) is 9.26. The van der Waals surface area contributed by atoms with E-state index in [1.165, 1.54) is 0 Å². The molecule has 0 radical (unpaired) electrons. The van der Waals surface area contributed by atoms with Crippen LogP contribution in [-0.4, -0.2) is 29.0 Å². The molecule has 0 spiro atoms.